The molecule has 1 unspecified atom stereocenters. The van der Waals surface area contributed by atoms with Gasteiger partial charge in [-0.2, -0.15) is 0 Å². The first-order chi connectivity index (χ1) is 12.2. The maximum Gasteiger partial charge on any atom is 0.257 e. The summed E-state index contributed by atoms with van der Waals surface area (Å²) in [5.41, 5.74) is 1.02. The first-order valence-electron chi connectivity index (χ1n) is 8.04. The fourth-order valence-electron chi connectivity index (χ4n) is 2.35. The fourth-order valence-corrected chi connectivity index (χ4v) is 2.35. The average Bonchev–Trinajstić information content (AvgIpc) is 3.08. The average molecular weight is 344 g/mol. The van der Waals surface area contributed by atoms with Gasteiger partial charge in [-0.05, 0) is 5.56 Å². The molecular formula is C16H20N6O3. The molecule has 0 radical (unpaired) electrons. The predicted molar refractivity (Wildman–Crippen MR) is 89.6 cm³/mol. The van der Waals surface area contributed by atoms with E-state index in [2.05, 4.69) is 26.0 Å². The zero-order valence-electron chi connectivity index (χ0n) is 13.6. The lowest BCUT2D eigenvalue weighted by Gasteiger charge is -2.21. The van der Waals surface area contributed by atoms with Crippen molar-refractivity contribution in [1.29, 1.82) is 0 Å². The Kier molecular flexibility index (Phi) is 5.70. The highest BCUT2D eigenvalue weighted by Gasteiger charge is 2.22. The normalized spacial score (nSPS) is 17.0. The second kappa shape index (κ2) is 8.36. The highest BCUT2D eigenvalue weighted by Crippen LogP contribution is 2.02. The van der Waals surface area contributed by atoms with Crippen LogP contribution in [0.4, 0.5) is 5.95 Å². The van der Waals surface area contributed by atoms with Crippen LogP contribution in [-0.4, -0.2) is 52.4 Å². The summed E-state index contributed by atoms with van der Waals surface area (Å²) in [5.74, 6) is -0.347. The second-order valence-corrected chi connectivity index (χ2v) is 5.58. The number of ether oxygens (including phenoxy) is 1. The fraction of sp³-hybridized carbons (Fsp3) is 0.375. The summed E-state index contributed by atoms with van der Waals surface area (Å²) in [6, 6.07) is 9.63. The van der Waals surface area contributed by atoms with Crippen LogP contribution in [0.5, 0.6) is 0 Å². The summed E-state index contributed by atoms with van der Waals surface area (Å²) in [6.07, 6.45) is 0.840. The van der Waals surface area contributed by atoms with E-state index in [1.807, 2.05) is 30.3 Å². The smallest absolute Gasteiger partial charge is 0.257 e. The van der Waals surface area contributed by atoms with Crippen LogP contribution in [0, 0.1) is 0 Å². The molecule has 2 heterocycles. The number of carbonyl (C=O) groups excluding carboxylic acids is 2. The van der Waals surface area contributed by atoms with Crippen LogP contribution >= 0.6 is 0 Å². The van der Waals surface area contributed by atoms with E-state index in [9.17, 15) is 9.59 Å². The zero-order chi connectivity index (χ0) is 17.5. The van der Waals surface area contributed by atoms with Gasteiger partial charge in [0.25, 0.3) is 5.91 Å². The van der Waals surface area contributed by atoms with Crippen LogP contribution in [-0.2, 0) is 27.4 Å². The largest absolute Gasteiger partial charge is 0.366 e. The summed E-state index contributed by atoms with van der Waals surface area (Å²) in [6.45, 7) is 2.14. The van der Waals surface area contributed by atoms with E-state index in [1.165, 1.54) is 11.0 Å². The number of hydrogen-bond acceptors (Lipinski definition) is 6. The Bertz CT molecular complexity index is 712. The van der Waals surface area contributed by atoms with Gasteiger partial charge in [0.2, 0.25) is 11.9 Å². The molecule has 1 aromatic heterocycles. The van der Waals surface area contributed by atoms with Gasteiger partial charge >= 0.3 is 0 Å². The van der Waals surface area contributed by atoms with Crippen LogP contribution in [0.2, 0.25) is 0 Å². The van der Waals surface area contributed by atoms with Crippen molar-refractivity contribution in [1.82, 2.24) is 25.4 Å². The molecular weight excluding hydrogens is 324 g/mol. The second-order valence-electron chi connectivity index (χ2n) is 5.58. The summed E-state index contributed by atoms with van der Waals surface area (Å²) in [4.78, 5) is 27.9. The number of nitrogens with one attached hydrogen (secondary N) is 3. The molecule has 0 spiro atoms. The topological polar surface area (TPSA) is 110 Å². The zero-order valence-corrected chi connectivity index (χ0v) is 13.6. The highest BCUT2D eigenvalue weighted by molar-refractivity contribution is 5.92. The lowest BCUT2D eigenvalue weighted by Crippen LogP contribution is -2.45. The molecule has 9 heteroatoms. The Labute approximate surface area is 144 Å². The third kappa shape index (κ3) is 5.10. The summed E-state index contributed by atoms with van der Waals surface area (Å²) in [7, 11) is 0. The quantitative estimate of drug-likeness (QED) is 0.653. The van der Waals surface area contributed by atoms with Gasteiger partial charge in [0.1, 0.15) is 19.0 Å². The van der Waals surface area contributed by atoms with Crippen LogP contribution in [0.25, 0.3) is 0 Å². The molecule has 3 rings (SSSR count). The van der Waals surface area contributed by atoms with Crippen LogP contribution in [0.3, 0.4) is 0 Å². The van der Waals surface area contributed by atoms with Crippen molar-refractivity contribution in [3.8, 4) is 0 Å². The van der Waals surface area contributed by atoms with Crippen LogP contribution < -0.4 is 16.0 Å². The number of benzene rings is 1. The van der Waals surface area contributed by atoms with E-state index < -0.39 is 6.10 Å². The molecule has 1 aliphatic rings. The minimum Gasteiger partial charge on any atom is -0.366 e. The standard InChI is InChI=1S/C16H20N6O3/c23-14(18-8-12-4-2-1-3-5-12)10-22-11-19-16(21-22)20-15(24)13-9-17-6-7-25-13/h1-5,11,13,17H,6-10H2,(H,18,23)(H,20,21,24). The molecule has 1 aromatic carbocycles. The molecule has 0 aliphatic carbocycles. The van der Waals surface area contributed by atoms with Gasteiger partial charge < -0.3 is 15.4 Å². The van der Waals surface area contributed by atoms with Crippen molar-refractivity contribution in [2.24, 2.45) is 0 Å². The highest BCUT2D eigenvalue weighted by atomic mass is 16.5. The summed E-state index contributed by atoms with van der Waals surface area (Å²) < 4.78 is 6.73. The summed E-state index contributed by atoms with van der Waals surface area (Å²) in [5, 5.41) is 12.5. The third-order valence-electron chi connectivity index (χ3n) is 3.63. The summed E-state index contributed by atoms with van der Waals surface area (Å²) >= 11 is 0. The number of anilines is 1. The van der Waals surface area contributed by atoms with E-state index in [0.29, 0.717) is 19.7 Å². The van der Waals surface area contributed by atoms with Crippen molar-refractivity contribution < 1.29 is 14.3 Å². The molecule has 1 fully saturated rings. The Morgan fingerprint density at radius 3 is 2.92 bits per heavy atom. The van der Waals surface area contributed by atoms with E-state index in [4.69, 9.17) is 4.74 Å². The minimum absolute atomic E-state index is 0.0250. The number of nitrogens with zero attached hydrogens (tertiary/aromatic N) is 3. The van der Waals surface area contributed by atoms with E-state index in [-0.39, 0.29) is 24.3 Å². The van der Waals surface area contributed by atoms with E-state index >= 15 is 0 Å². The molecule has 2 amide bonds. The number of amides is 2. The number of aromatic nitrogens is 3. The number of rotatable bonds is 6. The third-order valence-corrected chi connectivity index (χ3v) is 3.63. The lowest BCUT2D eigenvalue weighted by molar-refractivity contribution is -0.128. The molecule has 132 valence electrons. The van der Waals surface area contributed by atoms with Gasteiger partial charge in [0.15, 0.2) is 0 Å². The molecule has 3 N–H and O–H groups in total. The SMILES string of the molecule is O=C(Cn1cnc(NC(=O)C2CNCCO2)n1)NCc1ccccc1. The molecule has 1 saturated heterocycles. The molecule has 9 nitrogen and oxygen atoms in total. The van der Waals surface area contributed by atoms with Gasteiger partial charge in [-0.15, -0.1) is 5.10 Å². The monoisotopic (exact) mass is 344 g/mol. The number of carbonyl (C=O) groups is 2. The van der Waals surface area contributed by atoms with Crippen LogP contribution in [0.15, 0.2) is 36.7 Å². The maximum atomic E-state index is 12.0. The van der Waals surface area contributed by atoms with Crippen molar-refractivity contribution in [3.05, 3.63) is 42.2 Å². The Morgan fingerprint density at radius 2 is 2.16 bits per heavy atom. The van der Waals surface area contributed by atoms with Gasteiger partial charge in [0, 0.05) is 19.6 Å². The van der Waals surface area contributed by atoms with Crippen molar-refractivity contribution in [2.45, 2.75) is 19.2 Å². The molecule has 1 atom stereocenters. The van der Waals surface area contributed by atoms with E-state index in [0.717, 1.165) is 12.1 Å². The van der Waals surface area contributed by atoms with Gasteiger partial charge in [-0.3, -0.25) is 14.9 Å². The minimum atomic E-state index is -0.560. The number of morpholine rings is 1. The van der Waals surface area contributed by atoms with E-state index in [1.54, 1.807) is 0 Å². The van der Waals surface area contributed by atoms with Crippen molar-refractivity contribution in [2.75, 3.05) is 25.0 Å². The van der Waals surface area contributed by atoms with Gasteiger partial charge in [-0.25, -0.2) is 9.67 Å². The van der Waals surface area contributed by atoms with Crippen molar-refractivity contribution in [3.63, 3.8) is 0 Å². The van der Waals surface area contributed by atoms with Crippen LogP contribution in [0.1, 0.15) is 5.56 Å². The van der Waals surface area contributed by atoms with Crippen molar-refractivity contribution >= 4 is 17.8 Å². The number of hydrogen-bond donors (Lipinski definition) is 3. The first kappa shape index (κ1) is 17.1. The Morgan fingerprint density at radius 1 is 1.32 bits per heavy atom. The predicted octanol–water partition coefficient (Wildman–Crippen LogP) is -0.479. The molecule has 1 aliphatic heterocycles. The molecule has 0 saturated carbocycles. The first-order valence-corrected chi connectivity index (χ1v) is 8.04. The Hall–Kier alpha value is -2.78. The van der Waals surface area contributed by atoms with Gasteiger partial charge in [-0.1, -0.05) is 30.3 Å². The Balaban J connectivity index is 1.46. The van der Waals surface area contributed by atoms with Gasteiger partial charge in [0.05, 0.1) is 6.61 Å². The maximum absolute atomic E-state index is 12.0. The molecule has 2 aromatic rings. The molecule has 0 bridgehead atoms. The lowest BCUT2D eigenvalue weighted by atomic mass is 10.2. The molecule has 25 heavy (non-hydrogen) atoms.